The van der Waals surface area contributed by atoms with Gasteiger partial charge in [-0.15, -0.1) is 0 Å². The molecule has 0 aliphatic heterocycles. The van der Waals surface area contributed by atoms with Crippen LogP contribution in [0, 0.1) is 11.6 Å². The maximum Gasteiger partial charge on any atom is 0.305 e. The third-order valence-electron chi connectivity index (χ3n) is 2.01. The van der Waals surface area contributed by atoms with Crippen LogP contribution in [-0.2, 0) is 4.79 Å². The molecule has 1 atom stereocenters. The van der Waals surface area contributed by atoms with Crippen molar-refractivity contribution in [2.45, 2.75) is 18.9 Å². The Kier molecular flexibility index (Phi) is 4.84. The Morgan fingerprint density at radius 2 is 2.12 bits per heavy atom. The Hall–Kier alpha value is -1.69. The largest absolute Gasteiger partial charge is 0.490 e. The zero-order valence-corrected chi connectivity index (χ0v) is 8.90. The molecular formula is C11H12F2O4. The number of benzene rings is 1. The van der Waals surface area contributed by atoms with E-state index in [1.807, 2.05) is 0 Å². The third kappa shape index (κ3) is 4.78. The number of aliphatic hydroxyl groups is 1. The molecule has 1 unspecified atom stereocenters. The molecule has 0 aromatic heterocycles. The van der Waals surface area contributed by atoms with Gasteiger partial charge in [0.05, 0.1) is 19.1 Å². The molecule has 0 bridgehead atoms. The highest BCUT2D eigenvalue weighted by Gasteiger charge is 2.10. The average molecular weight is 246 g/mol. The Morgan fingerprint density at radius 3 is 2.71 bits per heavy atom. The van der Waals surface area contributed by atoms with Gasteiger partial charge in [0.25, 0.3) is 0 Å². The molecule has 1 aromatic carbocycles. The van der Waals surface area contributed by atoms with Gasteiger partial charge in [0.1, 0.15) is 5.82 Å². The van der Waals surface area contributed by atoms with Crippen LogP contribution in [0.15, 0.2) is 18.2 Å². The normalized spacial score (nSPS) is 12.2. The second kappa shape index (κ2) is 6.15. The van der Waals surface area contributed by atoms with Gasteiger partial charge in [-0.1, -0.05) is 0 Å². The summed E-state index contributed by atoms with van der Waals surface area (Å²) in [6.07, 6.45) is -1.38. The van der Waals surface area contributed by atoms with Crippen molar-refractivity contribution in [1.29, 1.82) is 0 Å². The van der Waals surface area contributed by atoms with E-state index in [2.05, 4.69) is 0 Å². The summed E-state index contributed by atoms with van der Waals surface area (Å²) in [5, 5.41) is 17.6. The highest BCUT2D eigenvalue weighted by Crippen LogP contribution is 2.17. The molecule has 0 amide bonds. The topological polar surface area (TPSA) is 66.8 Å². The van der Waals surface area contributed by atoms with Crippen molar-refractivity contribution in [2.75, 3.05) is 6.61 Å². The Labute approximate surface area is 96.5 Å². The lowest BCUT2D eigenvalue weighted by atomic mass is 10.2. The number of halogens is 2. The van der Waals surface area contributed by atoms with Gasteiger partial charge < -0.3 is 14.9 Å². The molecule has 0 aliphatic rings. The molecule has 0 saturated heterocycles. The van der Waals surface area contributed by atoms with Crippen LogP contribution in [0.25, 0.3) is 0 Å². The zero-order chi connectivity index (χ0) is 12.8. The molecule has 0 aliphatic carbocycles. The highest BCUT2D eigenvalue weighted by atomic mass is 19.1. The molecular weight excluding hydrogens is 234 g/mol. The van der Waals surface area contributed by atoms with Crippen LogP contribution >= 0.6 is 0 Å². The molecule has 0 heterocycles. The van der Waals surface area contributed by atoms with Gasteiger partial charge in [-0.25, -0.2) is 8.78 Å². The number of carbonyl (C=O) groups is 1. The van der Waals surface area contributed by atoms with Crippen molar-refractivity contribution in [3.05, 3.63) is 29.8 Å². The fourth-order valence-electron chi connectivity index (χ4n) is 1.20. The van der Waals surface area contributed by atoms with E-state index in [9.17, 15) is 18.7 Å². The van der Waals surface area contributed by atoms with Crippen LogP contribution in [0.1, 0.15) is 12.8 Å². The number of rotatable bonds is 6. The minimum atomic E-state index is -1.12. The SMILES string of the molecule is O=C(O)CC(O)CCOc1ccc(F)cc1F. The lowest BCUT2D eigenvalue weighted by Gasteiger charge is -2.10. The Bertz CT molecular complexity index is 395. The van der Waals surface area contributed by atoms with Crippen LogP contribution in [0.5, 0.6) is 5.75 Å². The van der Waals surface area contributed by atoms with Crippen LogP contribution in [0.2, 0.25) is 0 Å². The van der Waals surface area contributed by atoms with Crippen LogP contribution in [-0.4, -0.2) is 28.9 Å². The van der Waals surface area contributed by atoms with E-state index in [-0.39, 0.29) is 18.8 Å². The highest BCUT2D eigenvalue weighted by molar-refractivity contribution is 5.67. The summed E-state index contributed by atoms with van der Waals surface area (Å²) in [6.45, 7) is -0.0446. The summed E-state index contributed by atoms with van der Waals surface area (Å²) in [5.41, 5.74) is 0. The molecule has 0 spiro atoms. The van der Waals surface area contributed by atoms with Crippen molar-refractivity contribution in [1.82, 2.24) is 0 Å². The van der Waals surface area contributed by atoms with Crippen LogP contribution < -0.4 is 4.74 Å². The van der Waals surface area contributed by atoms with Crippen LogP contribution in [0.3, 0.4) is 0 Å². The van der Waals surface area contributed by atoms with E-state index in [1.165, 1.54) is 0 Å². The first kappa shape index (κ1) is 13.4. The predicted molar refractivity (Wildman–Crippen MR) is 54.7 cm³/mol. The first-order valence-corrected chi connectivity index (χ1v) is 4.96. The van der Waals surface area contributed by atoms with Crippen LogP contribution in [0.4, 0.5) is 8.78 Å². The van der Waals surface area contributed by atoms with Crippen molar-refractivity contribution in [3.63, 3.8) is 0 Å². The van der Waals surface area contributed by atoms with E-state index < -0.39 is 30.1 Å². The lowest BCUT2D eigenvalue weighted by molar-refractivity contribution is -0.139. The summed E-state index contributed by atoms with van der Waals surface area (Å²) >= 11 is 0. The molecule has 0 saturated carbocycles. The summed E-state index contributed by atoms with van der Waals surface area (Å²) in [4.78, 5) is 10.2. The standard InChI is InChI=1S/C11H12F2O4/c12-7-1-2-10(9(13)5-7)17-4-3-8(14)6-11(15)16/h1-2,5,8,14H,3-4,6H2,(H,15,16). The lowest BCUT2D eigenvalue weighted by Crippen LogP contribution is -2.16. The molecule has 4 nitrogen and oxygen atoms in total. The maximum atomic E-state index is 13.1. The monoisotopic (exact) mass is 246 g/mol. The quantitative estimate of drug-likeness (QED) is 0.799. The van der Waals surface area contributed by atoms with Crippen molar-refractivity contribution in [3.8, 4) is 5.75 Å². The molecule has 0 fully saturated rings. The van der Waals surface area contributed by atoms with Gasteiger partial charge in [-0.05, 0) is 12.1 Å². The van der Waals surface area contributed by atoms with Crippen molar-refractivity contribution >= 4 is 5.97 Å². The number of aliphatic hydroxyl groups excluding tert-OH is 1. The number of carboxylic acids is 1. The van der Waals surface area contributed by atoms with E-state index in [0.29, 0.717) is 6.07 Å². The van der Waals surface area contributed by atoms with E-state index in [4.69, 9.17) is 9.84 Å². The number of ether oxygens (including phenoxy) is 1. The van der Waals surface area contributed by atoms with Crippen molar-refractivity contribution in [2.24, 2.45) is 0 Å². The Balaban J connectivity index is 2.38. The summed E-state index contributed by atoms with van der Waals surface area (Å²) in [5.74, 6) is -2.79. The first-order valence-electron chi connectivity index (χ1n) is 4.96. The van der Waals surface area contributed by atoms with E-state index in [1.54, 1.807) is 0 Å². The second-order valence-corrected chi connectivity index (χ2v) is 3.46. The van der Waals surface area contributed by atoms with Gasteiger partial charge >= 0.3 is 5.97 Å². The fourth-order valence-corrected chi connectivity index (χ4v) is 1.20. The average Bonchev–Trinajstić information content (AvgIpc) is 2.20. The summed E-state index contributed by atoms with van der Waals surface area (Å²) < 4.78 is 30.6. The minimum Gasteiger partial charge on any atom is -0.490 e. The molecule has 17 heavy (non-hydrogen) atoms. The van der Waals surface area contributed by atoms with Gasteiger partial charge in [0, 0.05) is 12.5 Å². The van der Waals surface area contributed by atoms with Gasteiger partial charge in [0.2, 0.25) is 0 Å². The molecule has 0 radical (unpaired) electrons. The van der Waals surface area contributed by atoms with Crippen molar-refractivity contribution < 1.29 is 28.5 Å². The summed E-state index contributed by atoms with van der Waals surface area (Å²) in [6, 6.07) is 2.86. The molecule has 1 rings (SSSR count). The zero-order valence-electron chi connectivity index (χ0n) is 8.90. The Morgan fingerprint density at radius 1 is 1.41 bits per heavy atom. The molecule has 1 aromatic rings. The van der Waals surface area contributed by atoms with Gasteiger partial charge in [0.15, 0.2) is 11.6 Å². The first-order chi connectivity index (χ1) is 7.99. The van der Waals surface area contributed by atoms with E-state index in [0.717, 1.165) is 12.1 Å². The summed E-state index contributed by atoms with van der Waals surface area (Å²) in [7, 11) is 0. The third-order valence-corrected chi connectivity index (χ3v) is 2.01. The number of aliphatic carboxylic acids is 1. The smallest absolute Gasteiger partial charge is 0.305 e. The second-order valence-electron chi connectivity index (χ2n) is 3.46. The molecule has 94 valence electrons. The van der Waals surface area contributed by atoms with Gasteiger partial charge in [-0.2, -0.15) is 0 Å². The van der Waals surface area contributed by atoms with Gasteiger partial charge in [-0.3, -0.25) is 4.79 Å². The van der Waals surface area contributed by atoms with E-state index >= 15 is 0 Å². The molecule has 6 heteroatoms. The minimum absolute atomic E-state index is 0.0446. The number of hydrogen-bond donors (Lipinski definition) is 2. The fraction of sp³-hybridized carbons (Fsp3) is 0.364. The molecule has 2 N–H and O–H groups in total. The number of hydrogen-bond acceptors (Lipinski definition) is 3. The maximum absolute atomic E-state index is 13.1. The number of carboxylic acid groups (broad SMARTS) is 1. The predicted octanol–water partition coefficient (Wildman–Crippen LogP) is 1.57.